The SMILES string of the molecule is O=C(Nc1ccc2c(c1)Cc1ccccc1-2)c1ccnc(OC2CCSC2)c1. The fourth-order valence-corrected chi connectivity index (χ4v) is 4.91. The highest BCUT2D eigenvalue weighted by atomic mass is 32.2. The van der Waals surface area contributed by atoms with Crippen LogP contribution < -0.4 is 10.1 Å². The van der Waals surface area contributed by atoms with E-state index in [0.717, 1.165) is 30.0 Å². The first-order valence-electron chi connectivity index (χ1n) is 9.49. The highest BCUT2D eigenvalue weighted by Gasteiger charge is 2.20. The Labute approximate surface area is 168 Å². The Morgan fingerprint density at radius 2 is 1.96 bits per heavy atom. The Bertz CT molecular complexity index is 1040. The molecule has 3 aromatic rings. The largest absolute Gasteiger partial charge is 0.473 e. The summed E-state index contributed by atoms with van der Waals surface area (Å²) < 4.78 is 5.90. The standard InChI is InChI=1S/C23H20N2O2S/c26-23(16-7-9-24-22(13-16)27-19-8-10-28-14-19)25-18-5-6-21-17(12-18)11-15-3-1-2-4-20(15)21/h1-7,9,12-13,19H,8,10-11,14H2,(H,25,26). The molecule has 0 saturated carbocycles. The lowest BCUT2D eigenvalue weighted by Crippen LogP contribution is -2.17. The molecule has 0 spiro atoms. The van der Waals surface area contributed by atoms with Gasteiger partial charge < -0.3 is 10.1 Å². The number of benzene rings is 2. The van der Waals surface area contributed by atoms with Crippen LogP contribution in [0.1, 0.15) is 27.9 Å². The van der Waals surface area contributed by atoms with Crippen LogP contribution in [0.4, 0.5) is 5.69 Å². The van der Waals surface area contributed by atoms with E-state index < -0.39 is 0 Å². The van der Waals surface area contributed by atoms with Crippen molar-refractivity contribution in [3.8, 4) is 17.0 Å². The predicted octanol–water partition coefficient (Wildman–Crippen LogP) is 4.79. The van der Waals surface area contributed by atoms with Gasteiger partial charge in [0.1, 0.15) is 6.10 Å². The van der Waals surface area contributed by atoms with Gasteiger partial charge in [-0.15, -0.1) is 0 Å². The lowest BCUT2D eigenvalue weighted by Gasteiger charge is -2.12. The number of thioether (sulfide) groups is 1. The number of hydrogen-bond acceptors (Lipinski definition) is 4. The first-order chi connectivity index (χ1) is 13.8. The van der Waals surface area contributed by atoms with Crippen molar-refractivity contribution in [2.75, 3.05) is 16.8 Å². The lowest BCUT2D eigenvalue weighted by atomic mass is 10.1. The van der Waals surface area contributed by atoms with E-state index in [1.165, 1.54) is 22.3 Å². The molecule has 28 heavy (non-hydrogen) atoms. The molecule has 2 aromatic carbocycles. The molecule has 5 heteroatoms. The van der Waals surface area contributed by atoms with E-state index in [9.17, 15) is 4.79 Å². The monoisotopic (exact) mass is 388 g/mol. The molecule has 140 valence electrons. The average Bonchev–Trinajstić information content (AvgIpc) is 3.35. The molecule has 2 aliphatic rings. The van der Waals surface area contributed by atoms with Gasteiger partial charge in [-0.3, -0.25) is 4.79 Å². The maximum absolute atomic E-state index is 12.7. The summed E-state index contributed by atoms with van der Waals surface area (Å²) in [7, 11) is 0. The minimum atomic E-state index is -0.150. The molecule has 1 aliphatic carbocycles. The number of carbonyl (C=O) groups is 1. The van der Waals surface area contributed by atoms with E-state index >= 15 is 0 Å². The molecule has 4 nitrogen and oxygen atoms in total. The number of pyridine rings is 1. The Morgan fingerprint density at radius 1 is 1.07 bits per heavy atom. The van der Waals surface area contributed by atoms with Crippen molar-refractivity contribution in [2.45, 2.75) is 18.9 Å². The Balaban J connectivity index is 1.32. The number of carbonyl (C=O) groups excluding carboxylic acids is 1. The van der Waals surface area contributed by atoms with Crippen molar-refractivity contribution < 1.29 is 9.53 Å². The van der Waals surface area contributed by atoms with Gasteiger partial charge in [-0.2, -0.15) is 11.8 Å². The van der Waals surface area contributed by atoms with Gasteiger partial charge in [-0.25, -0.2) is 4.98 Å². The third-order valence-corrected chi connectivity index (χ3v) is 6.36. The zero-order chi connectivity index (χ0) is 18.9. The third-order valence-electron chi connectivity index (χ3n) is 5.22. The molecule has 0 radical (unpaired) electrons. The predicted molar refractivity (Wildman–Crippen MR) is 113 cm³/mol. The first-order valence-corrected chi connectivity index (χ1v) is 10.6. The van der Waals surface area contributed by atoms with Gasteiger partial charge in [0.15, 0.2) is 0 Å². The fourth-order valence-electron chi connectivity index (χ4n) is 3.82. The van der Waals surface area contributed by atoms with Crippen LogP contribution in [0, 0.1) is 0 Å². The number of aromatic nitrogens is 1. The second-order valence-electron chi connectivity index (χ2n) is 7.15. The molecular formula is C23H20N2O2S. The molecule has 1 N–H and O–H groups in total. The number of nitrogens with zero attached hydrogens (tertiary/aromatic N) is 1. The number of fused-ring (bicyclic) bond motifs is 3. The fraction of sp³-hybridized carbons (Fsp3) is 0.217. The lowest BCUT2D eigenvalue weighted by molar-refractivity contribution is 0.102. The van der Waals surface area contributed by atoms with Crippen LogP contribution >= 0.6 is 11.8 Å². The first kappa shape index (κ1) is 17.3. The minimum absolute atomic E-state index is 0.150. The van der Waals surface area contributed by atoms with Crippen molar-refractivity contribution in [3.63, 3.8) is 0 Å². The topological polar surface area (TPSA) is 51.2 Å². The van der Waals surface area contributed by atoms with Gasteiger partial charge in [0.2, 0.25) is 5.88 Å². The molecule has 1 unspecified atom stereocenters. The molecular weight excluding hydrogens is 368 g/mol. The molecule has 0 bridgehead atoms. The maximum Gasteiger partial charge on any atom is 0.255 e. The van der Waals surface area contributed by atoms with Crippen LogP contribution in [0.15, 0.2) is 60.8 Å². The number of nitrogens with one attached hydrogen (secondary N) is 1. The van der Waals surface area contributed by atoms with Crippen LogP contribution in [-0.2, 0) is 6.42 Å². The van der Waals surface area contributed by atoms with Gasteiger partial charge in [-0.1, -0.05) is 30.3 Å². The maximum atomic E-state index is 12.7. The van der Waals surface area contributed by atoms with Gasteiger partial charge in [-0.05, 0) is 59.0 Å². The Kier molecular flexibility index (Phi) is 4.53. The summed E-state index contributed by atoms with van der Waals surface area (Å²) in [6, 6.07) is 18.0. The van der Waals surface area contributed by atoms with Gasteiger partial charge in [0.25, 0.3) is 5.91 Å². The number of ether oxygens (including phenoxy) is 1. The molecule has 1 fully saturated rings. The highest BCUT2D eigenvalue weighted by molar-refractivity contribution is 7.99. The normalized spacial score (nSPS) is 17.1. The van der Waals surface area contributed by atoms with Gasteiger partial charge >= 0.3 is 0 Å². The number of hydrogen-bond donors (Lipinski definition) is 1. The summed E-state index contributed by atoms with van der Waals surface area (Å²) in [5.41, 5.74) is 6.49. The molecule has 1 aromatic heterocycles. The molecule has 1 amide bonds. The summed E-state index contributed by atoms with van der Waals surface area (Å²) in [4.78, 5) is 17.0. The van der Waals surface area contributed by atoms with Gasteiger partial charge in [0, 0.05) is 29.3 Å². The third kappa shape index (κ3) is 3.38. The molecule has 1 saturated heterocycles. The Hall–Kier alpha value is -2.79. The van der Waals surface area contributed by atoms with Crippen LogP contribution in [-0.4, -0.2) is 28.5 Å². The summed E-state index contributed by atoms with van der Waals surface area (Å²) >= 11 is 1.89. The van der Waals surface area contributed by atoms with Crippen molar-refractivity contribution in [1.29, 1.82) is 0 Å². The molecule has 1 aliphatic heterocycles. The summed E-state index contributed by atoms with van der Waals surface area (Å²) in [6.45, 7) is 0. The second-order valence-corrected chi connectivity index (χ2v) is 8.30. The highest BCUT2D eigenvalue weighted by Crippen LogP contribution is 2.37. The van der Waals surface area contributed by atoms with Crippen LogP contribution in [0.2, 0.25) is 0 Å². The second kappa shape index (κ2) is 7.32. The van der Waals surface area contributed by atoms with Crippen molar-refractivity contribution in [2.24, 2.45) is 0 Å². The van der Waals surface area contributed by atoms with Crippen LogP contribution in [0.5, 0.6) is 5.88 Å². The number of anilines is 1. The van der Waals surface area contributed by atoms with E-state index in [-0.39, 0.29) is 12.0 Å². The quantitative estimate of drug-likeness (QED) is 0.546. The molecule has 5 rings (SSSR count). The minimum Gasteiger partial charge on any atom is -0.473 e. The van der Waals surface area contributed by atoms with E-state index in [4.69, 9.17) is 4.74 Å². The Morgan fingerprint density at radius 3 is 2.86 bits per heavy atom. The molecule has 1 atom stereocenters. The zero-order valence-corrected chi connectivity index (χ0v) is 16.2. The van der Waals surface area contributed by atoms with E-state index in [1.807, 2.05) is 17.8 Å². The smallest absolute Gasteiger partial charge is 0.255 e. The van der Waals surface area contributed by atoms with Crippen LogP contribution in [0.3, 0.4) is 0 Å². The van der Waals surface area contributed by atoms with Gasteiger partial charge in [0.05, 0.1) is 0 Å². The van der Waals surface area contributed by atoms with Crippen molar-refractivity contribution in [1.82, 2.24) is 4.98 Å². The summed E-state index contributed by atoms with van der Waals surface area (Å²) in [6.07, 6.45) is 3.75. The number of amides is 1. The van der Waals surface area contributed by atoms with E-state index in [0.29, 0.717) is 11.4 Å². The van der Waals surface area contributed by atoms with E-state index in [2.05, 4.69) is 46.7 Å². The summed E-state index contributed by atoms with van der Waals surface area (Å²) in [5.74, 6) is 2.47. The van der Waals surface area contributed by atoms with Crippen molar-refractivity contribution >= 4 is 23.4 Å². The summed E-state index contributed by atoms with van der Waals surface area (Å²) in [5, 5.41) is 3.01. The zero-order valence-electron chi connectivity index (χ0n) is 15.4. The van der Waals surface area contributed by atoms with Crippen LogP contribution in [0.25, 0.3) is 11.1 Å². The van der Waals surface area contributed by atoms with Crippen molar-refractivity contribution in [3.05, 3.63) is 77.5 Å². The number of rotatable bonds is 4. The van der Waals surface area contributed by atoms with E-state index in [1.54, 1.807) is 18.3 Å². The molecule has 2 heterocycles. The average molecular weight is 388 g/mol.